The lowest BCUT2D eigenvalue weighted by atomic mass is 10.1. The molecule has 0 aromatic heterocycles. The summed E-state index contributed by atoms with van der Waals surface area (Å²) in [6.45, 7) is 0. The van der Waals surface area contributed by atoms with Gasteiger partial charge in [0.2, 0.25) is 0 Å². The molecule has 0 radical (unpaired) electrons. The van der Waals surface area contributed by atoms with E-state index in [-0.39, 0.29) is 0 Å². The summed E-state index contributed by atoms with van der Waals surface area (Å²) in [5, 5.41) is 1.78. The molecule has 0 amide bonds. The van der Waals surface area contributed by atoms with Crippen LogP contribution in [0.3, 0.4) is 0 Å². The molecule has 3 nitrogen and oxygen atoms in total. The SMILES string of the molecule is O=S(=O)(Cl)Nc1cccc2ccccc12. The Morgan fingerprint density at radius 1 is 1.00 bits per heavy atom. The van der Waals surface area contributed by atoms with Crippen LogP contribution in [-0.4, -0.2) is 8.42 Å². The number of hydrogen-bond donors (Lipinski definition) is 1. The van der Waals surface area contributed by atoms with Crippen molar-refractivity contribution >= 4 is 36.4 Å². The molecule has 15 heavy (non-hydrogen) atoms. The first-order chi connectivity index (χ1) is 7.06. The van der Waals surface area contributed by atoms with Crippen molar-refractivity contribution in [1.82, 2.24) is 0 Å². The maximum atomic E-state index is 10.9. The summed E-state index contributed by atoms with van der Waals surface area (Å²) in [4.78, 5) is 0. The number of nitrogens with one attached hydrogen (secondary N) is 1. The normalized spacial score (nSPS) is 11.5. The number of halogens is 1. The molecule has 2 aromatic carbocycles. The minimum Gasteiger partial charge on any atom is -0.270 e. The van der Waals surface area contributed by atoms with Gasteiger partial charge in [0.25, 0.3) is 0 Å². The molecular weight excluding hydrogens is 234 g/mol. The fourth-order valence-corrected chi connectivity index (χ4v) is 2.14. The van der Waals surface area contributed by atoms with Crippen molar-refractivity contribution in [2.45, 2.75) is 0 Å². The highest BCUT2D eigenvalue weighted by molar-refractivity contribution is 8.14. The number of fused-ring (bicyclic) bond motifs is 1. The summed E-state index contributed by atoms with van der Waals surface area (Å²) >= 11 is 0. The highest BCUT2D eigenvalue weighted by Crippen LogP contribution is 2.24. The summed E-state index contributed by atoms with van der Waals surface area (Å²) < 4.78 is 24.1. The molecule has 0 aliphatic carbocycles. The minimum atomic E-state index is -3.75. The van der Waals surface area contributed by atoms with Gasteiger partial charge in [0.15, 0.2) is 0 Å². The van der Waals surface area contributed by atoms with E-state index in [1.54, 1.807) is 12.1 Å². The summed E-state index contributed by atoms with van der Waals surface area (Å²) in [6, 6.07) is 12.8. The summed E-state index contributed by atoms with van der Waals surface area (Å²) in [7, 11) is 1.38. The van der Waals surface area contributed by atoms with Gasteiger partial charge in [0.1, 0.15) is 0 Å². The Morgan fingerprint density at radius 2 is 1.67 bits per heavy atom. The largest absolute Gasteiger partial charge is 0.319 e. The molecule has 0 aliphatic rings. The standard InChI is InChI=1S/C10H8ClNO2S/c11-15(13,14)12-10-7-3-5-8-4-1-2-6-9(8)10/h1-7,12H. The molecule has 0 unspecified atom stereocenters. The maximum Gasteiger partial charge on any atom is 0.319 e. The zero-order valence-corrected chi connectivity index (χ0v) is 9.22. The Kier molecular flexibility index (Phi) is 2.54. The molecule has 0 spiro atoms. The molecule has 1 N–H and O–H groups in total. The third-order valence-electron chi connectivity index (χ3n) is 2.02. The van der Waals surface area contributed by atoms with E-state index in [1.165, 1.54) is 0 Å². The van der Waals surface area contributed by atoms with E-state index in [4.69, 9.17) is 10.7 Å². The first-order valence-electron chi connectivity index (χ1n) is 4.26. The van der Waals surface area contributed by atoms with Crippen LogP contribution >= 0.6 is 10.7 Å². The van der Waals surface area contributed by atoms with Crippen LogP contribution in [0.4, 0.5) is 5.69 Å². The number of hydrogen-bond acceptors (Lipinski definition) is 2. The predicted octanol–water partition coefficient (Wildman–Crippen LogP) is 2.74. The predicted molar refractivity (Wildman–Crippen MR) is 62.3 cm³/mol. The summed E-state index contributed by atoms with van der Waals surface area (Å²) in [5.74, 6) is 0. The molecule has 0 aliphatic heterocycles. The first kappa shape index (κ1) is 10.3. The van der Waals surface area contributed by atoms with Crippen molar-refractivity contribution < 1.29 is 8.42 Å². The Hall–Kier alpha value is -1.26. The highest BCUT2D eigenvalue weighted by Gasteiger charge is 2.06. The zero-order valence-electron chi connectivity index (χ0n) is 7.64. The second kappa shape index (κ2) is 3.72. The molecule has 5 heteroatoms. The molecule has 0 saturated heterocycles. The van der Waals surface area contributed by atoms with Crippen molar-refractivity contribution in [3.05, 3.63) is 42.5 Å². The van der Waals surface area contributed by atoms with Crippen LogP contribution < -0.4 is 4.72 Å². The van der Waals surface area contributed by atoms with Gasteiger partial charge in [-0.1, -0.05) is 36.4 Å². The molecule has 78 valence electrons. The van der Waals surface area contributed by atoms with Gasteiger partial charge in [-0.05, 0) is 11.5 Å². The fraction of sp³-hybridized carbons (Fsp3) is 0. The van der Waals surface area contributed by atoms with E-state index < -0.39 is 9.24 Å². The number of anilines is 1. The van der Waals surface area contributed by atoms with Crippen LogP contribution in [0.25, 0.3) is 10.8 Å². The Balaban J connectivity index is 2.61. The maximum absolute atomic E-state index is 10.9. The van der Waals surface area contributed by atoms with Gasteiger partial charge in [-0.25, -0.2) is 0 Å². The van der Waals surface area contributed by atoms with Crippen molar-refractivity contribution in [3.63, 3.8) is 0 Å². The van der Waals surface area contributed by atoms with Crippen molar-refractivity contribution in [2.75, 3.05) is 4.72 Å². The second-order valence-electron chi connectivity index (χ2n) is 3.07. The van der Waals surface area contributed by atoms with E-state index >= 15 is 0 Å². The van der Waals surface area contributed by atoms with Crippen LogP contribution in [0.1, 0.15) is 0 Å². The molecule has 0 saturated carbocycles. The van der Waals surface area contributed by atoms with Gasteiger partial charge in [-0.15, -0.1) is 0 Å². The van der Waals surface area contributed by atoms with E-state index in [9.17, 15) is 8.42 Å². The lowest BCUT2D eigenvalue weighted by molar-refractivity contribution is 0.614. The van der Waals surface area contributed by atoms with Crippen LogP contribution in [0.5, 0.6) is 0 Å². The quantitative estimate of drug-likeness (QED) is 0.822. The molecule has 2 aromatic rings. The average Bonchev–Trinajstić information content (AvgIpc) is 2.16. The fourth-order valence-electron chi connectivity index (χ4n) is 1.45. The topological polar surface area (TPSA) is 46.2 Å². The van der Waals surface area contributed by atoms with Crippen molar-refractivity contribution in [2.24, 2.45) is 0 Å². The second-order valence-corrected chi connectivity index (χ2v) is 5.37. The van der Waals surface area contributed by atoms with Crippen LogP contribution in [0, 0.1) is 0 Å². The van der Waals surface area contributed by atoms with E-state index in [1.807, 2.05) is 30.3 Å². The van der Waals surface area contributed by atoms with Crippen molar-refractivity contribution in [3.8, 4) is 0 Å². The monoisotopic (exact) mass is 241 g/mol. The first-order valence-corrected chi connectivity index (χ1v) is 6.57. The van der Waals surface area contributed by atoms with Crippen molar-refractivity contribution in [1.29, 1.82) is 0 Å². The number of benzene rings is 2. The van der Waals surface area contributed by atoms with Gasteiger partial charge >= 0.3 is 9.24 Å². The Labute approximate surface area is 92.2 Å². The van der Waals surface area contributed by atoms with Gasteiger partial charge < -0.3 is 0 Å². The molecule has 0 atom stereocenters. The highest BCUT2D eigenvalue weighted by atomic mass is 35.7. The van der Waals surface area contributed by atoms with Crippen LogP contribution in [-0.2, 0) is 9.24 Å². The average molecular weight is 242 g/mol. The third kappa shape index (κ3) is 2.40. The molecular formula is C10H8ClNO2S. The van der Waals surface area contributed by atoms with E-state index in [0.717, 1.165) is 10.8 Å². The van der Waals surface area contributed by atoms with Gasteiger partial charge in [0, 0.05) is 16.1 Å². The smallest absolute Gasteiger partial charge is 0.270 e. The molecule has 0 heterocycles. The molecule has 2 rings (SSSR count). The number of rotatable bonds is 2. The lowest BCUT2D eigenvalue weighted by Crippen LogP contribution is -2.04. The van der Waals surface area contributed by atoms with Gasteiger partial charge in [-0.3, -0.25) is 4.72 Å². The molecule has 0 bridgehead atoms. The zero-order chi connectivity index (χ0) is 10.9. The van der Waals surface area contributed by atoms with Gasteiger partial charge in [-0.2, -0.15) is 8.42 Å². The van der Waals surface area contributed by atoms with E-state index in [2.05, 4.69) is 4.72 Å². The van der Waals surface area contributed by atoms with Gasteiger partial charge in [0.05, 0.1) is 5.69 Å². The van der Waals surface area contributed by atoms with Crippen LogP contribution in [0.2, 0.25) is 0 Å². The third-order valence-corrected chi connectivity index (χ3v) is 2.72. The lowest BCUT2D eigenvalue weighted by Gasteiger charge is -2.05. The minimum absolute atomic E-state index is 0.489. The Bertz CT molecular complexity index is 590. The van der Waals surface area contributed by atoms with E-state index in [0.29, 0.717) is 5.69 Å². The molecule has 0 fully saturated rings. The Morgan fingerprint density at radius 3 is 2.40 bits per heavy atom. The summed E-state index contributed by atoms with van der Waals surface area (Å²) in [6.07, 6.45) is 0. The summed E-state index contributed by atoms with van der Waals surface area (Å²) in [5.41, 5.74) is 0.489. The van der Waals surface area contributed by atoms with Crippen LogP contribution in [0.15, 0.2) is 42.5 Å².